The first kappa shape index (κ1) is 41.5. The zero-order valence-corrected chi connectivity index (χ0v) is 32.7. The van der Waals surface area contributed by atoms with E-state index in [2.05, 4.69) is 60.3 Å². The van der Waals surface area contributed by atoms with Crippen molar-refractivity contribution < 1.29 is 31.1 Å². The van der Waals surface area contributed by atoms with Crippen LogP contribution in [0.1, 0.15) is 37.1 Å². The van der Waals surface area contributed by atoms with Crippen LogP contribution in [-0.4, -0.2) is 84.2 Å². The van der Waals surface area contributed by atoms with Crippen molar-refractivity contribution in [1.29, 1.82) is 0 Å². The summed E-state index contributed by atoms with van der Waals surface area (Å²) in [7, 11) is 0. The molecule has 0 spiro atoms. The number of anilines is 6. The molecule has 2 atom stereocenters. The zero-order valence-electron chi connectivity index (χ0n) is 32.7. The first-order valence-corrected chi connectivity index (χ1v) is 19.5. The molecule has 4 N–H and O–H groups in total. The van der Waals surface area contributed by atoms with Crippen molar-refractivity contribution in [3.8, 4) is 22.5 Å². The summed E-state index contributed by atoms with van der Waals surface area (Å²) in [5.74, 6) is 1.92. The summed E-state index contributed by atoms with van der Waals surface area (Å²) < 4.78 is 77.8. The molecule has 0 saturated carbocycles. The van der Waals surface area contributed by atoms with Gasteiger partial charge in [-0.3, -0.25) is 30.2 Å². The number of rotatable bonds is 3. The molecular weight excluding hydrogens is 819 g/mol. The number of pyridine rings is 4. The summed E-state index contributed by atoms with van der Waals surface area (Å²) in [6, 6.07) is 12.0. The number of nitrogens with one attached hydrogen (secondary N) is 2. The number of hydrogen-bond donors (Lipinski definition) is 3. The molecule has 6 aromatic rings. The van der Waals surface area contributed by atoms with E-state index in [1.165, 1.54) is 37.1 Å². The quantitative estimate of drug-likeness (QED) is 0.148. The van der Waals surface area contributed by atoms with Crippen LogP contribution in [0.25, 0.3) is 22.5 Å². The molecule has 15 nitrogen and oxygen atoms in total. The second-order valence-electron chi connectivity index (χ2n) is 14.7. The van der Waals surface area contributed by atoms with E-state index in [4.69, 9.17) is 5.73 Å². The van der Waals surface area contributed by atoms with Crippen molar-refractivity contribution in [2.75, 3.05) is 57.2 Å². The Morgan fingerprint density at radius 3 is 1.90 bits per heavy atom. The summed E-state index contributed by atoms with van der Waals surface area (Å²) in [6.45, 7) is 3.45. The van der Waals surface area contributed by atoms with E-state index in [0.29, 0.717) is 47.0 Å². The monoisotopic (exact) mass is 856 g/mol. The minimum atomic E-state index is -4.56. The summed E-state index contributed by atoms with van der Waals surface area (Å²) >= 11 is 0. The molecule has 320 valence electrons. The Morgan fingerprint density at radius 1 is 0.694 bits per heavy atom. The van der Waals surface area contributed by atoms with Crippen molar-refractivity contribution in [2.24, 2.45) is 0 Å². The fourth-order valence-corrected chi connectivity index (χ4v) is 7.66. The number of aromatic nitrogens is 8. The van der Waals surface area contributed by atoms with Crippen LogP contribution in [-0.2, 0) is 12.4 Å². The van der Waals surface area contributed by atoms with E-state index >= 15 is 0 Å². The van der Waals surface area contributed by atoms with Gasteiger partial charge >= 0.3 is 18.4 Å². The van der Waals surface area contributed by atoms with Gasteiger partial charge in [-0.1, -0.05) is 0 Å². The van der Waals surface area contributed by atoms with Gasteiger partial charge in [0.05, 0.1) is 41.2 Å². The van der Waals surface area contributed by atoms with E-state index < -0.39 is 29.8 Å². The van der Waals surface area contributed by atoms with Gasteiger partial charge in [0.1, 0.15) is 17.2 Å². The molecule has 10 heterocycles. The number of alkyl halides is 6. The largest absolute Gasteiger partial charge is 0.433 e. The van der Waals surface area contributed by atoms with Crippen LogP contribution in [0.5, 0.6) is 0 Å². The summed E-state index contributed by atoms with van der Waals surface area (Å²) in [4.78, 5) is 50.6. The molecule has 0 unspecified atom stereocenters. The summed E-state index contributed by atoms with van der Waals surface area (Å²) in [6.07, 6.45) is 6.25. The third-order valence-electron chi connectivity index (χ3n) is 10.5. The van der Waals surface area contributed by atoms with Crippen molar-refractivity contribution in [3.63, 3.8) is 0 Å². The van der Waals surface area contributed by atoms with Crippen LogP contribution in [0.4, 0.5) is 65.8 Å². The van der Waals surface area contributed by atoms with Crippen molar-refractivity contribution in [2.45, 2.75) is 50.1 Å². The van der Waals surface area contributed by atoms with Crippen LogP contribution in [0.3, 0.4) is 0 Å². The molecule has 62 heavy (non-hydrogen) atoms. The van der Waals surface area contributed by atoms with Crippen LogP contribution in [0, 0.1) is 0 Å². The predicted octanol–water partition coefficient (Wildman–Crippen LogP) is 7.59. The number of amides is 2. The van der Waals surface area contributed by atoms with Crippen LogP contribution in [0.2, 0.25) is 0 Å². The highest BCUT2D eigenvalue weighted by Gasteiger charge is 2.39. The lowest BCUT2D eigenvalue weighted by Gasteiger charge is -2.45. The molecule has 6 aromatic heterocycles. The number of fused-ring (bicyclic) bond motifs is 8. The van der Waals surface area contributed by atoms with Gasteiger partial charge in [0.25, 0.3) is 0 Å². The maximum atomic E-state index is 13.2. The lowest BCUT2D eigenvalue weighted by atomic mass is 9.99. The normalized spacial score (nSPS) is 17.5. The van der Waals surface area contributed by atoms with Gasteiger partial charge < -0.3 is 20.9 Å². The van der Waals surface area contributed by atoms with Crippen LogP contribution >= 0.6 is 0 Å². The Bertz CT molecular complexity index is 2510. The van der Waals surface area contributed by atoms with Gasteiger partial charge in [-0.05, 0) is 74.2 Å². The zero-order chi connectivity index (χ0) is 43.4. The number of halogens is 6. The molecule has 0 aromatic carbocycles. The van der Waals surface area contributed by atoms with Crippen molar-refractivity contribution in [3.05, 3.63) is 109 Å². The van der Waals surface area contributed by atoms with Crippen molar-refractivity contribution >= 4 is 40.7 Å². The van der Waals surface area contributed by atoms with E-state index in [-0.39, 0.29) is 11.6 Å². The van der Waals surface area contributed by atoms with E-state index in [9.17, 15) is 31.1 Å². The third kappa shape index (κ3) is 9.40. The number of piperidine rings is 2. The molecule has 0 aliphatic carbocycles. The van der Waals surface area contributed by atoms with E-state index in [1.807, 2.05) is 6.07 Å². The second-order valence-corrected chi connectivity index (χ2v) is 14.7. The minimum absolute atomic E-state index is 0.112. The Labute approximate surface area is 350 Å². The average Bonchev–Trinajstić information content (AvgIpc) is 3.27. The van der Waals surface area contributed by atoms with Gasteiger partial charge in [0.2, 0.25) is 0 Å². The number of nitrogen functional groups attached to an aromatic ring is 1. The number of hydrogen-bond acceptors (Lipinski definition) is 13. The number of nitrogens with two attached hydrogens (primary N) is 1. The molecule has 2 amide bonds. The Morgan fingerprint density at radius 2 is 1.31 bits per heavy atom. The Balaban J connectivity index is 0.000000153. The van der Waals surface area contributed by atoms with Crippen molar-refractivity contribution in [1.82, 2.24) is 39.9 Å². The maximum Gasteiger partial charge on any atom is 0.433 e. The first-order chi connectivity index (χ1) is 29.8. The van der Waals surface area contributed by atoms with Gasteiger partial charge in [0, 0.05) is 80.5 Å². The molecule has 10 rings (SSSR count). The molecule has 0 radical (unpaired) electrons. The molecular formula is C41H38F6N14O. The second kappa shape index (κ2) is 17.4. The Hall–Kier alpha value is -7.19. The van der Waals surface area contributed by atoms with Gasteiger partial charge in [-0.25, -0.2) is 24.7 Å². The number of carbonyl (C=O) groups excluding carboxylic acids is 1. The van der Waals surface area contributed by atoms with Gasteiger partial charge in [0.15, 0.2) is 17.5 Å². The molecule has 4 aliphatic rings. The van der Waals surface area contributed by atoms with Crippen LogP contribution in [0.15, 0.2) is 98.1 Å². The minimum Gasteiger partial charge on any atom is -0.382 e. The van der Waals surface area contributed by atoms with Gasteiger partial charge in [-0.15, -0.1) is 0 Å². The highest BCUT2D eigenvalue weighted by Crippen LogP contribution is 2.41. The SMILES string of the molecule is FC(F)(F)c1cc(-c2ccc3c(n2)N[C@H]2CCCN3C2)ccn1.Nc1cnccn1.O=C(Nc1cnccn1)N1c2nc(-c3ccnc(C(F)(F)F)c3)ccc2N2CCC[C@H]1C2. The number of carbonyl (C=O) groups is 1. The molecule has 2 saturated heterocycles. The lowest BCUT2D eigenvalue weighted by Crippen LogP contribution is -2.56. The van der Waals surface area contributed by atoms with Gasteiger partial charge in [-0.2, -0.15) is 26.3 Å². The fourth-order valence-electron chi connectivity index (χ4n) is 7.66. The highest BCUT2D eigenvalue weighted by molar-refractivity contribution is 6.04. The molecule has 21 heteroatoms. The lowest BCUT2D eigenvalue weighted by molar-refractivity contribution is -0.141. The highest BCUT2D eigenvalue weighted by atomic mass is 19.4. The average molecular weight is 857 g/mol. The maximum absolute atomic E-state index is 13.2. The molecule has 4 aliphatic heterocycles. The summed E-state index contributed by atoms with van der Waals surface area (Å²) in [5, 5.41) is 6.13. The molecule has 4 bridgehead atoms. The van der Waals surface area contributed by atoms with E-state index in [0.717, 1.165) is 80.8 Å². The molecule has 2 fully saturated rings. The fraction of sp³-hybridized carbons (Fsp3) is 0.293. The Kier molecular flexibility index (Phi) is 11.7. The topological polar surface area (TPSA) is 180 Å². The third-order valence-corrected chi connectivity index (χ3v) is 10.5. The smallest absolute Gasteiger partial charge is 0.382 e. The first-order valence-electron chi connectivity index (χ1n) is 19.5. The number of urea groups is 1. The van der Waals surface area contributed by atoms with Crippen LogP contribution < -0.4 is 31.1 Å². The summed E-state index contributed by atoms with van der Waals surface area (Å²) in [5.41, 5.74) is 6.62. The predicted molar refractivity (Wildman–Crippen MR) is 219 cm³/mol. The van der Waals surface area contributed by atoms with E-state index in [1.54, 1.807) is 41.6 Å². The number of nitrogens with zero attached hydrogens (tertiary/aromatic N) is 11. The standard InChI is InChI=1S/C21H18F3N7O.C16H15F3N4.C4H5N3/c22-21(23,24)17-10-13(5-6-26-17)15-3-4-16-19(28-15)31(14-2-1-9-30(16)12-14)20(32)29-18-11-25-7-8-27-18;17-16(18,19)14-8-10(5-6-20-14)12-3-4-13-15(22-12)21-11-2-1-7-23(13)9-11;5-4-3-6-1-2-7-4/h3-8,10-11,14H,1-2,9,12H2,(H,27,29,32);3-6,8,11H,1-2,7,9H2,(H,21,22);1-3H,(H2,5,7)/t14-;11-;/m00./s1.